The van der Waals surface area contributed by atoms with E-state index < -0.39 is 5.79 Å². The number of benzene rings is 2. The van der Waals surface area contributed by atoms with E-state index in [0.29, 0.717) is 10.0 Å². The van der Waals surface area contributed by atoms with E-state index in [0.717, 1.165) is 53.0 Å². The molecule has 0 bridgehead atoms. The van der Waals surface area contributed by atoms with Crippen molar-refractivity contribution in [3.8, 4) is 11.5 Å². The van der Waals surface area contributed by atoms with Crippen LogP contribution in [-0.4, -0.2) is 5.79 Å². The minimum atomic E-state index is -0.820. The fraction of sp³-hybridized carbons (Fsp3) is 0.200. The van der Waals surface area contributed by atoms with Crippen LogP contribution in [-0.2, 0) is 0 Å². The lowest BCUT2D eigenvalue weighted by atomic mass is 9.79. The lowest BCUT2D eigenvalue weighted by Crippen LogP contribution is -2.50. The van der Waals surface area contributed by atoms with Gasteiger partial charge >= 0.3 is 0 Å². The molecule has 24 heavy (non-hydrogen) atoms. The van der Waals surface area contributed by atoms with Gasteiger partial charge < -0.3 is 9.47 Å². The van der Waals surface area contributed by atoms with E-state index >= 15 is 0 Å². The fourth-order valence-electron chi connectivity index (χ4n) is 3.76. The highest BCUT2D eigenvalue weighted by Gasteiger charge is 2.49. The van der Waals surface area contributed by atoms with E-state index in [-0.39, 0.29) is 0 Å². The molecule has 0 radical (unpaired) electrons. The molecule has 0 atom stereocenters. The van der Waals surface area contributed by atoms with Crippen molar-refractivity contribution in [1.82, 2.24) is 0 Å². The summed E-state index contributed by atoms with van der Waals surface area (Å²) in [5.41, 5.74) is 4.32. The number of hydrogen-bond donors (Lipinski definition) is 0. The predicted molar refractivity (Wildman–Crippen MR) is 96.7 cm³/mol. The Morgan fingerprint density at radius 1 is 0.750 bits per heavy atom. The third-order valence-corrected chi connectivity index (χ3v) is 5.32. The summed E-state index contributed by atoms with van der Waals surface area (Å²) in [6.45, 7) is 0. The first-order valence-corrected chi connectivity index (χ1v) is 8.79. The van der Waals surface area contributed by atoms with E-state index in [1.54, 1.807) is 0 Å². The van der Waals surface area contributed by atoms with E-state index in [1.807, 2.05) is 36.4 Å². The molecule has 120 valence electrons. The van der Waals surface area contributed by atoms with Crippen LogP contribution in [0.15, 0.2) is 47.5 Å². The minimum Gasteiger partial charge on any atom is -0.444 e. The first-order chi connectivity index (χ1) is 11.6. The van der Waals surface area contributed by atoms with Gasteiger partial charge in [0, 0.05) is 32.3 Å². The summed E-state index contributed by atoms with van der Waals surface area (Å²) >= 11 is 12.3. The van der Waals surface area contributed by atoms with Crippen molar-refractivity contribution in [3.05, 3.63) is 68.7 Å². The first-order valence-electron chi connectivity index (χ1n) is 8.03. The molecule has 0 aromatic heterocycles. The maximum absolute atomic E-state index is 6.42. The van der Waals surface area contributed by atoms with Gasteiger partial charge in [-0.3, -0.25) is 0 Å². The molecule has 2 aliphatic heterocycles. The molecule has 3 aliphatic rings. The van der Waals surface area contributed by atoms with Gasteiger partial charge in [-0.15, -0.1) is 0 Å². The lowest BCUT2D eigenvalue weighted by molar-refractivity contribution is -0.0619. The first kappa shape index (κ1) is 14.4. The molecule has 4 heteroatoms. The Morgan fingerprint density at radius 2 is 1.25 bits per heavy atom. The lowest BCUT2D eigenvalue weighted by Gasteiger charge is -2.45. The third kappa shape index (κ3) is 2.03. The Morgan fingerprint density at radius 3 is 1.75 bits per heavy atom. The Balaban J connectivity index is 1.69. The van der Waals surface area contributed by atoms with Crippen molar-refractivity contribution in [2.45, 2.75) is 25.0 Å². The van der Waals surface area contributed by atoms with Gasteiger partial charge in [0.05, 0.1) is 0 Å². The molecule has 0 N–H and O–H groups in total. The van der Waals surface area contributed by atoms with Crippen LogP contribution in [0.5, 0.6) is 11.5 Å². The monoisotopic (exact) mass is 356 g/mol. The molecule has 1 saturated carbocycles. The zero-order valence-corrected chi connectivity index (χ0v) is 14.3. The maximum atomic E-state index is 6.42. The standard InChI is InChI=1S/C20H14Cl2O2/c21-16-4-6-18-12(10-16)8-14-2-1-3-15-9-13-11-17(22)5-7-19(13)24-20(14,15)23-18/h4-11H,1-3H2. The van der Waals surface area contributed by atoms with Gasteiger partial charge in [0.15, 0.2) is 0 Å². The molecule has 2 nitrogen and oxygen atoms in total. The second-order valence-electron chi connectivity index (χ2n) is 6.38. The Labute approximate surface area is 150 Å². The predicted octanol–water partition coefficient (Wildman–Crippen LogP) is 6.13. The molecule has 1 fully saturated rings. The number of hydrogen-bond acceptors (Lipinski definition) is 2. The van der Waals surface area contributed by atoms with Crippen LogP contribution in [0.2, 0.25) is 10.0 Å². The summed E-state index contributed by atoms with van der Waals surface area (Å²) in [6, 6.07) is 11.4. The van der Waals surface area contributed by atoms with Crippen molar-refractivity contribution >= 4 is 35.4 Å². The van der Waals surface area contributed by atoms with E-state index in [2.05, 4.69) is 12.2 Å². The molecule has 2 aromatic carbocycles. The summed E-state index contributed by atoms with van der Waals surface area (Å²) in [4.78, 5) is 0. The molecule has 5 rings (SSSR count). The van der Waals surface area contributed by atoms with Crippen LogP contribution in [0, 0.1) is 0 Å². The van der Waals surface area contributed by atoms with Crippen LogP contribution in [0.1, 0.15) is 30.4 Å². The normalized spacial score (nSPS) is 19.4. The van der Waals surface area contributed by atoms with E-state index in [9.17, 15) is 0 Å². The number of ether oxygens (including phenoxy) is 2. The van der Waals surface area contributed by atoms with Crippen molar-refractivity contribution in [1.29, 1.82) is 0 Å². The number of fused-ring (bicyclic) bond motifs is 2. The van der Waals surface area contributed by atoms with Gasteiger partial charge in [-0.2, -0.15) is 0 Å². The minimum absolute atomic E-state index is 0.710. The second-order valence-corrected chi connectivity index (χ2v) is 7.25. The summed E-state index contributed by atoms with van der Waals surface area (Å²) < 4.78 is 12.8. The smallest absolute Gasteiger partial charge is 0.297 e. The highest BCUT2D eigenvalue weighted by Crippen LogP contribution is 2.51. The SMILES string of the molecule is Clc1ccc2c(c1)C=C1CCCC3=Cc4cc(Cl)ccc4OC13O2. The zero-order valence-electron chi connectivity index (χ0n) is 12.8. The van der Waals surface area contributed by atoms with Gasteiger partial charge in [0.2, 0.25) is 0 Å². The molecule has 0 unspecified atom stereocenters. The largest absolute Gasteiger partial charge is 0.444 e. The Hall–Kier alpha value is -1.90. The van der Waals surface area contributed by atoms with Crippen LogP contribution in [0.25, 0.3) is 12.2 Å². The summed E-state index contributed by atoms with van der Waals surface area (Å²) in [6.07, 6.45) is 7.31. The quantitative estimate of drug-likeness (QED) is 0.565. The highest BCUT2D eigenvalue weighted by molar-refractivity contribution is 6.31. The van der Waals surface area contributed by atoms with Crippen LogP contribution in [0.3, 0.4) is 0 Å². The Kier molecular flexibility index (Phi) is 3.04. The molecular weight excluding hydrogens is 343 g/mol. The second kappa shape index (κ2) is 5.05. The van der Waals surface area contributed by atoms with Gasteiger partial charge in [-0.1, -0.05) is 23.2 Å². The van der Waals surface area contributed by atoms with Gasteiger partial charge in [0.25, 0.3) is 5.79 Å². The van der Waals surface area contributed by atoms with Gasteiger partial charge in [-0.25, -0.2) is 0 Å². The van der Waals surface area contributed by atoms with Crippen molar-refractivity contribution in [3.63, 3.8) is 0 Å². The Bertz CT molecular complexity index is 852. The third-order valence-electron chi connectivity index (χ3n) is 4.85. The fourth-order valence-corrected chi connectivity index (χ4v) is 4.12. The van der Waals surface area contributed by atoms with Crippen molar-refractivity contribution in [2.24, 2.45) is 0 Å². The summed E-state index contributed by atoms with van der Waals surface area (Å²) in [5.74, 6) is 0.779. The number of rotatable bonds is 0. The van der Waals surface area contributed by atoms with Crippen molar-refractivity contribution in [2.75, 3.05) is 0 Å². The summed E-state index contributed by atoms with van der Waals surface area (Å²) in [7, 11) is 0. The number of halogens is 2. The average Bonchev–Trinajstić information content (AvgIpc) is 2.57. The molecule has 1 spiro atoms. The maximum Gasteiger partial charge on any atom is 0.297 e. The molecular formula is C20H14Cl2O2. The highest BCUT2D eigenvalue weighted by atomic mass is 35.5. The van der Waals surface area contributed by atoms with Crippen molar-refractivity contribution < 1.29 is 9.47 Å². The zero-order chi connectivity index (χ0) is 16.3. The van der Waals surface area contributed by atoms with Gasteiger partial charge in [0.1, 0.15) is 11.5 Å². The van der Waals surface area contributed by atoms with Crippen LogP contribution >= 0.6 is 23.2 Å². The molecule has 0 saturated heterocycles. The van der Waals surface area contributed by atoms with Crippen LogP contribution in [0.4, 0.5) is 0 Å². The molecule has 0 amide bonds. The summed E-state index contributed by atoms with van der Waals surface area (Å²) in [5, 5.41) is 1.42. The molecule has 2 heterocycles. The van der Waals surface area contributed by atoms with Crippen LogP contribution < -0.4 is 9.47 Å². The van der Waals surface area contributed by atoms with E-state index in [4.69, 9.17) is 32.7 Å². The topological polar surface area (TPSA) is 18.5 Å². The molecule has 2 aromatic rings. The average molecular weight is 357 g/mol. The van der Waals surface area contributed by atoms with E-state index in [1.165, 1.54) is 0 Å². The molecule has 1 aliphatic carbocycles. The van der Waals surface area contributed by atoms with Gasteiger partial charge in [-0.05, 0) is 67.8 Å².